The Morgan fingerprint density at radius 3 is 2.85 bits per heavy atom. The van der Waals surface area contributed by atoms with Gasteiger partial charge in [0.05, 0.1) is 11.3 Å². The number of aromatic amines is 1. The Morgan fingerprint density at radius 2 is 2.04 bits per heavy atom. The molecule has 2 aliphatic rings. The van der Waals surface area contributed by atoms with Crippen molar-refractivity contribution in [3.8, 4) is 0 Å². The largest absolute Gasteiger partial charge is 0.481 e. The molecule has 1 aliphatic carbocycles. The van der Waals surface area contributed by atoms with Crippen LogP contribution in [0.15, 0.2) is 22.7 Å². The van der Waals surface area contributed by atoms with Crippen molar-refractivity contribution in [2.75, 3.05) is 5.32 Å². The molecule has 4 rings (SSSR count). The van der Waals surface area contributed by atoms with Gasteiger partial charge >= 0.3 is 5.97 Å². The number of anilines is 1. The molecule has 6 heteroatoms. The van der Waals surface area contributed by atoms with Crippen LogP contribution in [0.4, 0.5) is 5.69 Å². The van der Waals surface area contributed by atoms with Crippen molar-refractivity contribution < 1.29 is 14.7 Å². The van der Waals surface area contributed by atoms with Crippen molar-refractivity contribution in [3.05, 3.63) is 50.8 Å². The van der Waals surface area contributed by atoms with Gasteiger partial charge in [0, 0.05) is 27.8 Å². The number of fused-ring (bicyclic) bond motifs is 2. The monoisotopic (exact) mass is 428 g/mol. The standard InChI is InChI=1S/C21H21BrN2O3/c22-12-6-7-15-16(21(27)24-18(15)10-12)11-19-14(8-9-20(25)26)13-4-2-1-3-5-17(13)23-19/h6-7,10-11,23H,1-5,8-9H2,(H,24,27)(H,25,26). The average Bonchev–Trinajstić information content (AvgIpc) is 2.99. The van der Waals surface area contributed by atoms with E-state index in [1.165, 1.54) is 17.7 Å². The van der Waals surface area contributed by atoms with E-state index in [-0.39, 0.29) is 12.3 Å². The van der Waals surface area contributed by atoms with Crippen LogP contribution < -0.4 is 5.32 Å². The third-order valence-corrected chi connectivity index (χ3v) is 5.83. The lowest BCUT2D eigenvalue weighted by molar-refractivity contribution is -0.137. The van der Waals surface area contributed by atoms with E-state index in [0.717, 1.165) is 52.7 Å². The normalized spacial score (nSPS) is 17.4. The number of H-pyrrole nitrogens is 1. The number of amides is 1. The molecule has 3 N–H and O–H groups in total. The molecule has 1 aromatic heterocycles. The number of benzene rings is 1. The number of aromatic nitrogens is 1. The zero-order chi connectivity index (χ0) is 19.0. The van der Waals surface area contributed by atoms with E-state index in [2.05, 4.69) is 26.2 Å². The number of aliphatic carboxylic acids is 1. The Hall–Kier alpha value is -2.34. The van der Waals surface area contributed by atoms with Gasteiger partial charge in [-0.15, -0.1) is 0 Å². The fraction of sp³-hybridized carbons (Fsp3) is 0.333. The summed E-state index contributed by atoms with van der Waals surface area (Å²) in [4.78, 5) is 27.2. The molecule has 0 saturated heterocycles. The third-order valence-electron chi connectivity index (χ3n) is 5.33. The predicted molar refractivity (Wildman–Crippen MR) is 109 cm³/mol. The molecule has 1 aliphatic heterocycles. The molecule has 1 aromatic carbocycles. The lowest BCUT2D eigenvalue weighted by atomic mass is 9.98. The summed E-state index contributed by atoms with van der Waals surface area (Å²) in [6.07, 6.45) is 7.87. The molecule has 1 amide bonds. The highest BCUT2D eigenvalue weighted by molar-refractivity contribution is 9.10. The van der Waals surface area contributed by atoms with Gasteiger partial charge in [0.25, 0.3) is 5.91 Å². The molecule has 140 valence electrons. The van der Waals surface area contributed by atoms with Gasteiger partial charge in [0.2, 0.25) is 0 Å². The van der Waals surface area contributed by atoms with Crippen LogP contribution >= 0.6 is 15.9 Å². The van der Waals surface area contributed by atoms with Crippen LogP contribution in [-0.2, 0) is 28.9 Å². The molecule has 27 heavy (non-hydrogen) atoms. The Kier molecular flexibility index (Phi) is 4.91. The van der Waals surface area contributed by atoms with Crippen LogP contribution in [0, 0.1) is 0 Å². The van der Waals surface area contributed by atoms with Crippen molar-refractivity contribution in [3.63, 3.8) is 0 Å². The molecular weight excluding hydrogens is 408 g/mol. The lowest BCUT2D eigenvalue weighted by Gasteiger charge is -2.05. The minimum absolute atomic E-state index is 0.0934. The van der Waals surface area contributed by atoms with Crippen molar-refractivity contribution in [1.29, 1.82) is 0 Å². The van der Waals surface area contributed by atoms with Crippen LogP contribution in [0.3, 0.4) is 0 Å². The number of carbonyl (C=O) groups excluding carboxylic acids is 1. The second-order valence-corrected chi connectivity index (χ2v) is 8.05. The van der Waals surface area contributed by atoms with Crippen molar-refractivity contribution in [2.45, 2.75) is 44.9 Å². The summed E-state index contributed by atoms with van der Waals surface area (Å²) in [5.41, 5.74) is 6.68. The second kappa shape index (κ2) is 7.35. The van der Waals surface area contributed by atoms with Gasteiger partial charge in [-0.1, -0.05) is 28.4 Å². The smallest absolute Gasteiger partial charge is 0.303 e. The number of carboxylic acid groups (broad SMARTS) is 1. The highest BCUT2D eigenvalue weighted by Crippen LogP contribution is 2.36. The van der Waals surface area contributed by atoms with Gasteiger partial charge in [-0.25, -0.2) is 0 Å². The summed E-state index contributed by atoms with van der Waals surface area (Å²) in [6.45, 7) is 0. The number of carboxylic acids is 1. The fourth-order valence-corrected chi connectivity index (χ4v) is 4.41. The highest BCUT2D eigenvalue weighted by atomic mass is 79.9. The van der Waals surface area contributed by atoms with E-state index in [1.807, 2.05) is 24.3 Å². The first-order valence-electron chi connectivity index (χ1n) is 9.30. The quantitative estimate of drug-likeness (QED) is 0.493. The Balaban J connectivity index is 1.78. The van der Waals surface area contributed by atoms with Crippen molar-refractivity contribution in [1.82, 2.24) is 4.98 Å². The van der Waals surface area contributed by atoms with Gasteiger partial charge in [0.1, 0.15) is 0 Å². The topological polar surface area (TPSA) is 82.2 Å². The van der Waals surface area contributed by atoms with E-state index < -0.39 is 5.97 Å². The fourth-order valence-electron chi connectivity index (χ4n) is 4.05. The summed E-state index contributed by atoms with van der Waals surface area (Å²) in [5.74, 6) is -0.928. The number of hydrogen-bond donors (Lipinski definition) is 3. The number of aryl methyl sites for hydroxylation is 1. The number of hydrogen-bond acceptors (Lipinski definition) is 2. The van der Waals surface area contributed by atoms with E-state index in [4.69, 9.17) is 5.11 Å². The first kappa shape index (κ1) is 18.0. The molecule has 0 radical (unpaired) electrons. The van der Waals surface area contributed by atoms with Crippen LogP contribution in [0.2, 0.25) is 0 Å². The molecule has 5 nitrogen and oxygen atoms in total. The molecule has 0 fully saturated rings. The van der Waals surface area contributed by atoms with Gasteiger partial charge < -0.3 is 15.4 Å². The molecule has 0 unspecified atom stereocenters. The van der Waals surface area contributed by atoms with Gasteiger partial charge in [-0.05, 0) is 61.4 Å². The molecule has 0 bridgehead atoms. The maximum absolute atomic E-state index is 12.5. The number of rotatable bonds is 4. The number of halogens is 1. The summed E-state index contributed by atoms with van der Waals surface area (Å²) >= 11 is 3.43. The zero-order valence-corrected chi connectivity index (χ0v) is 16.5. The molecular formula is C21H21BrN2O3. The molecule has 0 saturated carbocycles. The zero-order valence-electron chi connectivity index (χ0n) is 14.9. The summed E-state index contributed by atoms with van der Waals surface area (Å²) in [7, 11) is 0. The Labute approximate surface area is 166 Å². The summed E-state index contributed by atoms with van der Waals surface area (Å²) in [6, 6.07) is 5.74. The lowest BCUT2D eigenvalue weighted by Crippen LogP contribution is -2.04. The Bertz CT molecular complexity index is 959. The van der Waals surface area contributed by atoms with E-state index in [0.29, 0.717) is 12.0 Å². The van der Waals surface area contributed by atoms with Gasteiger partial charge in [-0.2, -0.15) is 0 Å². The minimum atomic E-state index is -0.800. The van der Waals surface area contributed by atoms with E-state index >= 15 is 0 Å². The Morgan fingerprint density at radius 1 is 1.22 bits per heavy atom. The SMILES string of the molecule is O=C(O)CCc1c(C=C2C(=O)Nc3cc(Br)ccc32)[nH]c2c1CCCCC2. The maximum Gasteiger partial charge on any atom is 0.303 e. The predicted octanol–water partition coefficient (Wildman–Crippen LogP) is 4.56. The second-order valence-electron chi connectivity index (χ2n) is 7.13. The third kappa shape index (κ3) is 3.58. The van der Waals surface area contributed by atoms with Crippen molar-refractivity contribution >= 4 is 45.1 Å². The minimum Gasteiger partial charge on any atom is -0.481 e. The van der Waals surface area contributed by atoms with Crippen LogP contribution in [0.1, 0.15) is 53.8 Å². The summed E-state index contributed by atoms with van der Waals surface area (Å²) in [5, 5.41) is 12.1. The molecule has 0 spiro atoms. The first-order chi connectivity index (χ1) is 13.0. The van der Waals surface area contributed by atoms with Crippen LogP contribution in [0.5, 0.6) is 0 Å². The van der Waals surface area contributed by atoms with Gasteiger partial charge in [0.15, 0.2) is 0 Å². The van der Waals surface area contributed by atoms with E-state index in [1.54, 1.807) is 0 Å². The number of nitrogens with one attached hydrogen (secondary N) is 2. The van der Waals surface area contributed by atoms with Crippen molar-refractivity contribution in [2.24, 2.45) is 0 Å². The molecule has 0 atom stereocenters. The van der Waals surface area contributed by atoms with E-state index in [9.17, 15) is 9.59 Å². The van der Waals surface area contributed by atoms with Crippen LogP contribution in [0.25, 0.3) is 11.6 Å². The molecule has 2 aromatic rings. The maximum atomic E-state index is 12.5. The average molecular weight is 429 g/mol. The first-order valence-corrected chi connectivity index (χ1v) is 10.1. The molecule has 2 heterocycles. The summed E-state index contributed by atoms with van der Waals surface area (Å²) < 4.78 is 0.913. The van der Waals surface area contributed by atoms with Gasteiger partial charge in [-0.3, -0.25) is 9.59 Å². The number of carbonyl (C=O) groups is 2. The highest BCUT2D eigenvalue weighted by Gasteiger charge is 2.26. The van der Waals surface area contributed by atoms with Crippen LogP contribution in [-0.4, -0.2) is 22.0 Å².